The molecule has 0 aliphatic carbocycles. The molecule has 1 atom stereocenters. The third-order valence-corrected chi connectivity index (χ3v) is 3.13. The van der Waals surface area contributed by atoms with Crippen LogP contribution in [0.4, 0.5) is 4.79 Å². The van der Waals surface area contributed by atoms with Gasteiger partial charge in [-0.3, -0.25) is 0 Å². The van der Waals surface area contributed by atoms with Gasteiger partial charge >= 0.3 is 6.09 Å². The molecule has 1 amide bonds. The van der Waals surface area contributed by atoms with Gasteiger partial charge in [0.05, 0.1) is 5.25 Å². The van der Waals surface area contributed by atoms with Crippen LogP contribution >= 0.6 is 0 Å². The molecule has 5 nitrogen and oxygen atoms in total. The lowest BCUT2D eigenvalue weighted by Gasteiger charge is -2.24. The Morgan fingerprint density at radius 3 is 2.40 bits per heavy atom. The zero-order chi connectivity index (χ0) is 11.6. The normalized spacial score (nSPS) is 22.1. The molecular formula is C9H17NO4S. The molecule has 0 N–H and O–H groups in total. The predicted molar refractivity (Wildman–Crippen MR) is 56.5 cm³/mol. The van der Waals surface area contributed by atoms with Crippen LogP contribution in [0.3, 0.4) is 0 Å². The van der Waals surface area contributed by atoms with Gasteiger partial charge < -0.3 is 9.64 Å². The van der Waals surface area contributed by atoms with Crippen molar-refractivity contribution in [3.63, 3.8) is 0 Å². The second-order valence-corrected chi connectivity index (χ2v) is 5.96. The molecule has 6 heteroatoms. The lowest BCUT2D eigenvalue weighted by atomic mass is 10.2. The van der Waals surface area contributed by atoms with Gasteiger partial charge in [0.25, 0.3) is 0 Å². The minimum atomic E-state index is -2.44. The Kier molecular flexibility index (Phi) is 3.59. The Labute approximate surface area is 91.3 Å². The number of rotatable bonds is 1. The number of amides is 1. The van der Waals surface area contributed by atoms with Crippen molar-refractivity contribution < 1.29 is 17.9 Å². The summed E-state index contributed by atoms with van der Waals surface area (Å²) < 4.78 is 26.6. The number of hydrogen-bond donors (Lipinski definition) is 1. The van der Waals surface area contributed by atoms with Gasteiger partial charge in [-0.1, -0.05) is 0 Å². The Balaban J connectivity index is 2.51. The van der Waals surface area contributed by atoms with Gasteiger partial charge in [0.15, 0.2) is 0 Å². The largest absolute Gasteiger partial charge is 0.444 e. The highest BCUT2D eigenvalue weighted by atomic mass is 32.2. The van der Waals surface area contributed by atoms with Gasteiger partial charge in [0.1, 0.15) is 16.3 Å². The molecule has 0 aromatic carbocycles. The summed E-state index contributed by atoms with van der Waals surface area (Å²) in [4.78, 5) is 13.0. The van der Waals surface area contributed by atoms with Crippen LogP contribution in [0.15, 0.2) is 0 Å². The van der Waals surface area contributed by atoms with Crippen molar-refractivity contribution in [3.05, 3.63) is 0 Å². The molecule has 1 aliphatic rings. The number of carbonyl (C=O) groups excluding carboxylic acids is 1. The van der Waals surface area contributed by atoms with E-state index in [2.05, 4.69) is 0 Å². The van der Waals surface area contributed by atoms with Crippen molar-refractivity contribution in [1.82, 2.24) is 4.90 Å². The van der Waals surface area contributed by atoms with E-state index in [-0.39, 0.29) is 6.54 Å². The average molecular weight is 235 g/mol. The van der Waals surface area contributed by atoms with Crippen LogP contribution in [0, 0.1) is 0 Å². The van der Waals surface area contributed by atoms with E-state index in [4.69, 9.17) is 4.74 Å². The van der Waals surface area contributed by atoms with Crippen LogP contribution in [0.1, 0.15) is 27.2 Å². The lowest BCUT2D eigenvalue weighted by Crippen LogP contribution is -2.35. The second-order valence-electron chi connectivity index (χ2n) is 4.65. The molecule has 1 fully saturated rings. The molecule has 1 aliphatic heterocycles. The molecule has 1 rings (SSSR count). The van der Waals surface area contributed by atoms with E-state index in [0.717, 1.165) is 0 Å². The van der Waals surface area contributed by atoms with E-state index >= 15 is 0 Å². The number of carbonyl (C=O) groups is 1. The second kappa shape index (κ2) is 4.38. The van der Waals surface area contributed by atoms with Crippen LogP contribution in [0.25, 0.3) is 0 Å². The van der Waals surface area contributed by atoms with E-state index < -0.39 is 27.6 Å². The van der Waals surface area contributed by atoms with Gasteiger partial charge in [0, 0.05) is 13.1 Å². The fraction of sp³-hybridized carbons (Fsp3) is 0.889. The van der Waals surface area contributed by atoms with Crippen molar-refractivity contribution in [3.8, 4) is 0 Å². The summed E-state index contributed by atoms with van der Waals surface area (Å²) in [5, 5.41) is -0.410. The molecule has 0 aromatic rings. The fourth-order valence-corrected chi connectivity index (χ4v) is 2.06. The van der Waals surface area contributed by atoms with Crippen LogP contribution in [-0.4, -0.2) is 43.4 Å². The maximum absolute atomic E-state index is 11.5. The number of ether oxygens (including phenoxy) is 1. The maximum atomic E-state index is 11.5. The van der Waals surface area contributed by atoms with Gasteiger partial charge in [-0.25, -0.2) is 13.2 Å². The molecule has 0 aromatic heterocycles. The Hall–Kier alpha value is -0.780. The van der Waals surface area contributed by atoms with Crippen LogP contribution < -0.4 is 0 Å². The number of likely N-dealkylation sites (tertiary alicyclic amines) is 1. The molecule has 0 spiro atoms. The molecule has 0 radical (unpaired) electrons. The van der Waals surface area contributed by atoms with Crippen molar-refractivity contribution >= 4 is 16.8 Å². The van der Waals surface area contributed by atoms with E-state index in [1.165, 1.54) is 4.90 Å². The summed E-state index contributed by atoms with van der Waals surface area (Å²) in [6.07, 6.45) is 0.0830. The number of thiol groups is 1. The first-order valence-corrected chi connectivity index (χ1v) is 6.15. The highest BCUT2D eigenvalue weighted by Crippen LogP contribution is 2.16. The average Bonchev–Trinajstić information content (AvgIpc) is 2.47. The van der Waals surface area contributed by atoms with E-state index in [1.54, 1.807) is 20.8 Å². The summed E-state index contributed by atoms with van der Waals surface area (Å²) in [6.45, 7) is 6.07. The number of hydrogen-bond acceptors (Lipinski definition) is 4. The Morgan fingerprint density at radius 1 is 1.40 bits per heavy atom. The summed E-state index contributed by atoms with van der Waals surface area (Å²) in [5.41, 5.74) is -0.533. The molecule has 15 heavy (non-hydrogen) atoms. The first-order valence-electron chi connectivity index (χ1n) is 4.91. The minimum absolute atomic E-state index is 0.258. The summed E-state index contributed by atoms with van der Waals surface area (Å²) in [7, 11) is -2.44. The summed E-state index contributed by atoms with van der Waals surface area (Å²) >= 11 is 0. The standard InChI is InChI=1S/C9H17NO4S/c1-9(2,3)14-8(11)10-5-4-7(6-10)15(12)13/h7,15H,4-6H2,1-3H3/t7-/m1/s1. The minimum Gasteiger partial charge on any atom is -0.444 e. The third kappa shape index (κ3) is 3.70. The third-order valence-electron chi connectivity index (χ3n) is 2.11. The summed E-state index contributed by atoms with van der Waals surface area (Å²) in [6, 6.07) is 0. The van der Waals surface area contributed by atoms with Gasteiger partial charge in [-0.2, -0.15) is 0 Å². The quantitative estimate of drug-likeness (QED) is 0.676. The first kappa shape index (κ1) is 12.3. The molecular weight excluding hydrogens is 218 g/mol. The topological polar surface area (TPSA) is 63.7 Å². The first-order chi connectivity index (χ1) is 6.79. The van der Waals surface area contributed by atoms with Gasteiger partial charge in [-0.15, -0.1) is 0 Å². The van der Waals surface area contributed by atoms with Gasteiger partial charge in [-0.05, 0) is 27.2 Å². The van der Waals surface area contributed by atoms with Crippen molar-refractivity contribution in [2.24, 2.45) is 0 Å². The molecule has 1 saturated heterocycles. The molecule has 88 valence electrons. The summed E-state index contributed by atoms with van der Waals surface area (Å²) in [5.74, 6) is 0. The maximum Gasteiger partial charge on any atom is 0.410 e. The van der Waals surface area contributed by atoms with Crippen LogP contribution in [0.2, 0.25) is 0 Å². The fourth-order valence-electron chi connectivity index (χ4n) is 1.41. The predicted octanol–water partition coefficient (Wildman–Crippen LogP) is 0.607. The lowest BCUT2D eigenvalue weighted by molar-refractivity contribution is 0.0295. The molecule has 1 heterocycles. The van der Waals surface area contributed by atoms with Gasteiger partial charge in [0.2, 0.25) is 0 Å². The van der Waals surface area contributed by atoms with Crippen molar-refractivity contribution in [2.45, 2.75) is 38.0 Å². The number of nitrogens with zero attached hydrogens (tertiary/aromatic N) is 1. The molecule has 0 saturated carbocycles. The van der Waals surface area contributed by atoms with Crippen LogP contribution in [0.5, 0.6) is 0 Å². The smallest absolute Gasteiger partial charge is 0.410 e. The van der Waals surface area contributed by atoms with E-state index in [9.17, 15) is 13.2 Å². The Morgan fingerprint density at radius 2 is 2.00 bits per heavy atom. The van der Waals surface area contributed by atoms with Crippen molar-refractivity contribution in [2.75, 3.05) is 13.1 Å². The molecule has 0 unspecified atom stereocenters. The highest BCUT2D eigenvalue weighted by Gasteiger charge is 2.30. The highest BCUT2D eigenvalue weighted by molar-refractivity contribution is 7.73. The zero-order valence-corrected chi connectivity index (χ0v) is 10.1. The molecule has 0 bridgehead atoms. The Bertz CT molecular complexity index is 311. The van der Waals surface area contributed by atoms with E-state index in [1.807, 2.05) is 0 Å². The van der Waals surface area contributed by atoms with Crippen molar-refractivity contribution in [1.29, 1.82) is 0 Å². The van der Waals surface area contributed by atoms with Crippen LogP contribution in [-0.2, 0) is 15.4 Å². The van der Waals surface area contributed by atoms with E-state index in [0.29, 0.717) is 13.0 Å². The monoisotopic (exact) mass is 235 g/mol. The SMILES string of the molecule is CC(C)(C)OC(=O)N1CC[C@@H]([SH](=O)=O)C1. The zero-order valence-electron chi connectivity index (χ0n) is 9.23.